The second-order valence-electron chi connectivity index (χ2n) is 5.59. The lowest BCUT2D eigenvalue weighted by atomic mass is 10.0. The van der Waals surface area contributed by atoms with Crippen LogP contribution in [0.25, 0.3) is 0 Å². The van der Waals surface area contributed by atoms with Gasteiger partial charge in [-0.05, 0) is 42.9 Å². The van der Waals surface area contributed by atoms with Gasteiger partial charge >= 0.3 is 0 Å². The Balaban J connectivity index is 1.93. The first-order valence-corrected chi connectivity index (χ1v) is 7.12. The van der Waals surface area contributed by atoms with E-state index in [4.69, 9.17) is 4.74 Å². The van der Waals surface area contributed by atoms with Crippen molar-refractivity contribution < 1.29 is 4.74 Å². The molecule has 1 aliphatic rings. The first kappa shape index (κ1) is 13.4. The van der Waals surface area contributed by atoms with Crippen molar-refractivity contribution in [2.45, 2.75) is 51.7 Å². The number of methoxy groups -OCH3 is 1. The zero-order valence-corrected chi connectivity index (χ0v) is 11.6. The highest BCUT2D eigenvalue weighted by Gasteiger charge is 2.15. The van der Waals surface area contributed by atoms with E-state index in [2.05, 4.69) is 36.5 Å². The highest BCUT2D eigenvalue weighted by molar-refractivity contribution is 5.46. The number of rotatable bonds is 4. The Bertz CT molecular complexity index is 364. The predicted octanol–water partition coefficient (Wildman–Crippen LogP) is 4.21. The summed E-state index contributed by atoms with van der Waals surface area (Å²) in [6, 6.07) is 9.23. The number of ether oxygens (including phenoxy) is 1. The smallest absolute Gasteiger partial charge is 0.0713 e. The Kier molecular flexibility index (Phi) is 5.06. The summed E-state index contributed by atoms with van der Waals surface area (Å²) in [5, 5.41) is 3.68. The quantitative estimate of drug-likeness (QED) is 0.805. The monoisotopic (exact) mass is 247 g/mol. The van der Waals surface area contributed by atoms with Gasteiger partial charge in [0.1, 0.15) is 0 Å². The fraction of sp³-hybridized carbons (Fsp3) is 0.625. The Hall–Kier alpha value is -1.02. The molecule has 18 heavy (non-hydrogen) atoms. The number of nitrogens with one attached hydrogen (secondary N) is 1. The van der Waals surface area contributed by atoms with Crippen molar-refractivity contribution in [3.8, 4) is 0 Å². The van der Waals surface area contributed by atoms with Crippen LogP contribution in [0, 0.1) is 5.92 Å². The van der Waals surface area contributed by atoms with Gasteiger partial charge in [0.2, 0.25) is 0 Å². The van der Waals surface area contributed by atoms with E-state index in [1.165, 1.54) is 43.4 Å². The molecule has 2 rings (SSSR count). The molecule has 100 valence electrons. The lowest BCUT2D eigenvalue weighted by Crippen LogP contribution is -2.18. The first-order valence-electron chi connectivity index (χ1n) is 7.12. The van der Waals surface area contributed by atoms with Crippen LogP contribution < -0.4 is 5.32 Å². The minimum Gasteiger partial charge on any atom is -0.382 e. The van der Waals surface area contributed by atoms with Crippen LogP contribution >= 0.6 is 0 Å². The maximum absolute atomic E-state index is 5.18. The van der Waals surface area contributed by atoms with Gasteiger partial charge in [-0.15, -0.1) is 0 Å². The normalized spacial score (nSPS) is 24.6. The van der Waals surface area contributed by atoms with Crippen LogP contribution in [0.5, 0.6) is 0 Å². The fourth-order valence-corrected chi connectivity index (χ4v) is 2.78. The van der Waals surface area contributed by atoms with Crippen molar-refractivity contribution in [2.75, 3.05) is 12.4 Å². The molecule has 0 radical (unpaired) electrons. The molecule has 1 N–H and O–H groups in total. The van der Waals surface area contributed by atoms with E-state index < -0.39 is 0 Å². The van der Waals surface area contributed by atoms with Gasteiger partial charge in [-0.2, -0.15) is 0 Å². The van der Waals surface area contributed by atoms with Crippen molar-refractivity contribution in [3.05, 3.63) is 29.8 Å². The third-order valence-electron chi connectivity index (χ3n) is 3.87. The second-order valence-corrected chi connectivity index (χ2v) is 5.59. The molecule has 0 saturated heterocycles. The van der Waals surface area contributed by atoms with Crippen molar-refractivity contribution >= 4 is 5.69 Å². The summed E-state index contributed by atoms with van der Waals surface area (Å²) in [5.74, 6) is 0.900. The summed E-state index contributed by atoms with van der Waals surface area (Å²) in [6.45, 7) is 3.07. The minimum atomic E-state index is 0.646. The molecule has 1 saturated carbocycles. The SMILES string of the molecule is COCc1cccc(NC2CCCC(C)CC2)c1. The van der Waals surface area contributed by atoms with Crippen LogP contribution in [0.3, 0.4) is 0 Å². The average molecular weight is 247 g/mol. The number of hydrogen-bond acceptors (Lipinski definition) is 2. The van der Waals surface area contributed by atoms with E-state index in [1.54, 1.807) is 7.11 Å². The highest BCUT2D eigenvalue weighted by atomic mass is 16.5. The molecule has 1 aromatic carbocycles. The van der Waals surface area contributed by atoms with Gasteiger partial charge in [0.15, 0.2) is 0 Å². The molecule has 1 fully saturated rings. The maximum Gasteiger partial charge on any atom is 0.0713 e. The van der Waals surface area contributed by atoms with E-state index in [9.17, 15) is 0 Å². The van der Waals surface area contributed by atoms with Crippen LogP contribution in [0.2, 0.25) is 0 Å². The summed E-state index contributed by atoms with van der Waals surface area (Å²) in [4.78, 5) is 0. The molecule has 1 aliphatic carbocycles. The maximum atomic E-state index is 5.18. The van der Waals surface area contributed by atoms with Crippen LogP contribution in [-0.4, -0.2) is 13.2 Å². The molecule has 0 amide bonds. The minimum absolute atomic E-state index is 0.646. The standard InChI is InChI=1S/C16H25NO/c1-13-5-3-7-15(10-9-13)17-16-8-4-6-14(11-16)12-18-2/h4,6,8,11,13,15,17H,3,5,7,9-10,12H2,1-2H3. The van der Waals surface area contributed by atoms with E-state index >= 15 is 0 Å². The molecule has 2 atom stereocenters. The largest absolute Gasteiger partial charge is 0.382 e. The summed E-state index contributed by atoms with van der Waals surface area (Å²) in [6.07, 6.45) is 6.71. The third kappa shape index (κ3) is 4.02. The van der Waals surface area contributed by atoms with Gasteiger partial charge < -0.3 is 10.1 Å². The summed E-state index contributed by atoms with van der Waals surface area (Å²) >= 11 is 0. The Labute approximate surface area is 111 Å². The molecular formula is C16H25NO. The van der Waals surface area contributed by atoms with Crippen LogP contribution in [0.15, 0.2) is 24.3 Å². The van der Waals surface area contributed by atoms with Crippen molar-refractivity contribution in [1.82, 2.24) is 0 Å². The summed E-state index contributed by atoms with van der Waals surface area (Å²) < 4.78 is 5.18. The molecule has 0 aliphatic heterocycles. The van der Waals surface area contributed by atoms with Gasteiger partial charge in [-0.1, -0.05) is 31.9 Å². The zero-order chi connectivity index (χ0) is 12.8. The lowest BCUT2D eigenvalue weighted by Gasteiger charge is -2.18. The molecule has 2 heteroatoms. The highest BCUT2D eigenvalue weighted by Crippen LogP contribution is 2.25. The fourth-order valence-electron chi connectivity index (χ4n) is 2.78. The van der Waals surface area contributed by atoms with E-state index in [-0.39, 0.29) is 0 Å². The Morgan fingerprint density at radius 3 is 2.94 bits per heavy atom. The Morgan fingerprint density at radius 1 is 1.22 bits per heavy atom. The average Bonchev–Trinajstić information content (AvgIpc) is 2.56. The lowest BCUT2D eigenvalue weighted by molar-refractivity contribution is 0.185. The summed E-state index contributed by atoms with van der Waals surface area (Å²) in [5.41, 5.74) is 2.48. The van der Waals surface area contributed by atoms with Crippen molar-refractivity contribution in [3.63, 3.8) is 0 Å². The Morgan fingerprint density at radius 2 is 2.11 bits per heavy atom. The molecule has 2 nitrogen and oxygen atoms in total. The van der Waals surface area contributed by atoms with Gasteiger partial charge in [-0.3, -0.25) is 0 Å². The van der Waals surface area contributed by atoms with Gasteiger partial charge in [-0.25, -0.2) is 0 Å². The van der Waals surface area contributed by atoms with E-state index in [0.717, 1.165) is 5.92 Å². The molecule has 0 bridgehead atoms. The first-order chi connectivity index (χ1) is 8.78. The van der Waals surface area contributed by atoms with Crippen LogP contribution in [0.4, 0.5) is 5.69 Å². The number of hydrogen-bond donors (Lipinski definition) is 1. The summed E-state index contributed by atoms with van der Waals surface area (Å²) in [7, 11) is 1.74. The molecule has 2 unspecified atom stereocenters. The third-order valence-corrected chi connectivity index (χ3v) is 3.87. The van der Waals surface area contributed by atoms with Crippen LogP contribution in [0.1, 0.15) is 44.6 Å². The van der Waals surface area contributed by atoms with Gasteiger partial charge in [0.05, 0.1) is 6.61 Å². The van der Waals surface area contributed by atoms with Gasteiger partial charge in [0.25, 0.3) is 0 Å². The van der Waals surface area contributed by atoms with Crippen molar-refractivity contribution in [2.24, 2.45) is 5.92 Å². The molecule has 1 aromatic rings. The molecular weight excluding hydrogens is 222 g/mol. The number of benzene rings is 1. The molecule has 0 aromatic heterocycles. The second kappa shape index (κ2) is 6.79. The van der Waals surface area contributed by atoms with Crippen molar-refractivity contribution in [1.29, 1.82) is 0 Å². The topological polar surface area (TPSA) is 21.3 Å². The van der Waals surface area contributed by atoms with E-state index in [0.29, 0.717) is 12.6 Å². The molecule has 0 heterocycles. The van der Waals surface area contributed by atoms with Gasteiger partial charge in [0, 0.05) is 18.8 Å². The zero-order valence-electron chi connectivity index (χ0n) is 11.6. The van der Waals surface area contributed by atoms with Crippen LogP contribution in [-0.2, 0) is 11.3 Å². The predicted molar refractivity (Wildman–Crippen MR) is 76.8 cm³/mol. The number of anilines is 1. The molecule has 0 spiro atoms. The van der Waals surface area contributed by atoms with E-state index in [1.807, 2.05) is 0 Å².